The third-order valence-corrected chi connectivity index (χ3v) is 16.1. The van der Waals surface area contributed by atoms with Gasteiger partial charge in [-0.1, -0.05) is 144 Å². The molecule has 0 aliphatic heterocycles. The van der Waals surface area contributed by atoms with Gasteiger partial charge in [-0.3, -0.25) is 14.3 Å². The van der Waals surface area contributed by atoms with Crippen molar-refractivity contribution in [3.8, 4) is 34.2 Å². The van der Waals surface area contributed by atoms with Gasteiger partial charge in [0.15, 0.2) is 8.03 Å². The van der Waals surface area contributed by atoms with Crippen LogP contribution in [0.2, 0.25) is 5.04 Å². The number of hydrogen-bond acceptors (Lipinski definition) is 5. The SMILES string of the molecule is CC(C)c1nc2c(c(-c3ccc(F)cc3)c1C#CCO[PH](=O)CC(CC(=O)O)O[Si](c1ccccc1)(c1ccccc1)C(C)(C)C)Cc1ccccc1-2. The molecule has 1 aliphatic carbocycles. The number of aromatic nitrogens is 1. The van der Waals surface area contributed by atoms with E-state index in [0.717, 1.165) is 49.6 Å². The van der Waals surface area contributed by atoms with Crippen LogP contribution in [0.1, 0.15) is 69.3 Å². The van der Waals surface area contributed by atoms with E-state index in [1.54, 1.807) is 12.1 Å². The van der Waals surface area contributed by atoms with Gasteiger partial charge < -0.3 is 14.1 Å². The first-order valence-corrected chi connectivity index (χ1v) is 21.4. The van der Waals surface area contributed by atoms with E-state index in [2.05, 4.69) is 58.6 Å². The first-order chi connectivity index (χ1) is 25.4. The predicted molar refractivity (Wildman–Crippen MR) is 213 cm³/mol. The first-order valence-electron chi connectivity index (χ1n) is 17.9. The topological polar surface area (TPSA) is 85.7 Å². The molecule has 0 fully saturated rings. The van der Waals surface area contributed by atoms with Crippen molar-refractivity contribution in [3.63, 3.8) is 0 Å². The van der Waals surface area contributed by atoms with Crippen LogP contribution in [0.15, 0.2) is 109 Å². The molecule has 53 heavy (non-hydrogen) atoms. The van der Waals surface area contributed by atoms with Gasteiger partial charge in [-0.2, -0.15) is 0 Å². The van der Waals surface area contributed by atoms with Gasteiger partial charge >= 0.3 is 5.97 Å². The molecule has 6 nitrogen and oxygen atoms in total. The summed E-state index contributed by atoms with van der Waals surface area (Å²) in [6.45, 7) is 10.4. The number of carboxylic acids is 1. The summed E-state index contributed by atoms with van der Waals surface area (Å²) >= 11 is 0. The fourth-order valence-electron chi connectivity index (χ4n) is 7.39. The van der Waals surface area contributed by atoms with Crippen LogP contribution in [0, 0.1) is 17.7 Å². The average molecular weight is 746 g/mol. The number of rotatable bonds is 12. The Bertz CT molecular complexity index is 2130. The fraction of sp³-hybridized carbons (Fsp3) is 0.273. The summed E-state index contributed by atoms with van der Waals surface area (Å²) in [5.41, 5.74) is 7.53. The molecule has 1 aliphatic rings. The highest BCUT2D eigenvalue weighted by atomic mass is 31.1. The minimum atomic E-state index is -3.12. The number of hydrogen-bond donors (Lipinski definition) is 1. The molecule has 0 saturated heterocycles. The maximum atomic E-state index is 14.1. The molecular formula is C44H45FNO5PSi. The number of carbonyl (C=O) groups is 1. The van der Waals surface area contributed by atoms with Crippen LogP contribution in [0.3, 0.4) is 0 Å². The van der Waals surface area contributed by atoms with Gasteiger partial charge in [0.05, 0.1) is 29.5 Å². The molecule has 2 unspecified atom stereocenters. The van der Waals surface area contributed by atoms with Crippen molar-refractivity contribution in [1.29, 1.82) is 0 Å². The number of halogens is 1. The highest BCUT2D eigenvalue weighted by Gasteiger charge is 2.51. The van der Waals surface area contributed by atoms with E-state index in [1.165, 1.54) is 17.7 Å². The van der Waals surface area contributed by atoms with Gasteiger partial charge in [0.1, 0.15) is 12.4 Å². The summed E-state index contributed by atoms with van der Waals surface area (Å²) in [5, 5.41) is 11.6. The minimum absolute atomic E-state index is 0.0343. The number of aliphatic carboxylic acids is 1. The standard InChI is InChI=1S/C44H45FNO5PSi/c1-30(2)42-38(41(31-22-24-33(45)25-23-31)39-27-32-15-12-13-20-37(32)43(39)46-42)21-14-26-50-52(49)29-34(28-40(47)48)51-53(44(3,4)5,35-16-8-6-9-17-35)36-18-10-7-11-19-36/h6-13,15-20,22-25,30,34,52H,26-29H2,1-5H3,(H,47,48). The van der Waals surface area contributed by atoms with Crippen LogP contribution in [0.4, 0.5) is 4.39 Å². The lowest BCUT2D eigenvalue weighted by atomic mass is 9.89. The molecule has 0 bridgehead atoms. The molecule has 0 radical (unpaired) electrons. The molecule has 272 valence electrons. The molecule has 1 aromatic heterocycles. The monoisotopic (exact) mass is 745 g/mol. The number of fused-ring (bicyclic) bond motifs is 3. The van der Waals surface area contributed by atoms with E-state index in [4.69, 9.17) is 13.9 Å². The van der Waals surface area contributed by atoms with Crippen LogP contribution in [-0.2, 0) is 24.7 Å². The maximum Gasteiger partial charge on any atom is 0.305 e. The Morgan fingerprint density at radius 2 is 1.53 bits per heavy atom. The Labute approximate surface area is 313 Å². The molecule has 0 amide bonds. The zero-order valence-corrected chi connectivity index (χ0v) is 32.8. The van der Waals surface area contributed by atoms with Gasteiger partial charge in [0.2, 0.25) is 0 Å². The van der Waals surface area contributed by atoms with Crippen molar-refractivity contribution in [2.75, 3.05) is 12.8 Å². The molecule has 0 saturated carbocycles. The van der Waals surface area contributed by atoms with Crippen molar-refractivity contribution < 1.29 is 27.8 Å². The molecule has 1 N–H and O–H groups in total. The average Bonchev–Trinajstić information content (AvgIpc) is 3.50. The summed E-state index contributed by atoms with van der Waals surface area (Å²) in [6, 6.07) is 34.6. The second-order valence-electron chi connectivity index (χ2n) is 14.7. The number of nitrogens with zero attached hydrogens (tertiary/aromatic N) is 1. The van der Waals surface area contributed by atoms with Crippen molar-refractivity contribution in [3.05, 3.63) is 137 Å². The van der Waals surface area contributed by atoms with E-state index < -0.39 is 33.5 Å². The van der Waals surface area contributed by atoms with E-state index in [-0.39, 0.29) is 30.9 Å². The van der Waals surface area contributed by atoms with Gasteiger partial charge in [-0.25, -0.2) is 4.39 Å². The summed E-state index contributed by atoms with van der Waals surface area (Å²) < 4.78 is 40.6. The minimum Gasteiger partial charge on any atom is -0.481 e. The van der Waals surface area contributed by atoms with Crippen LogP contribution in [-0.4, -0.2) is 43.2 Å². The van der Waals surface area contributed by atoms with Crippen molar-refractivity contribution in [2.24, 2.45) is 0 Å². The van der Waals surface area contributed by atoms with E-state index in [9.17, 15) is 18.9 Å². The fourth-order valence-corrected chi connectivity index (χ4v) is 13.2. The molecule has 6 rings (SSSR count). The summed E-state index contributed by atoms with van der Waals surface area (Å²) in [6.07, 6.45) is -0.574. The normalized spacial score (nSPS) is 13.5. The predicted octanol–water partition coefficient (Wildman–Crippen LogP) is 8.85. The van der Waals surface area contributed by atoms with E-state index >= 15 is 0 Å². The van der Waals surface area contributed by atoms with Gasteiger partial charge in [0.25, 0.3) is 8.32 Å². The number of benzene rings is 4. The second-order valence-corrected chi connectivity index (χ2v) is 20.4. The summed E-state index contributed by atoms with van der Waals surface area (Å²) in [7, 11) is -5.90. The van der Waals surface area contributed by atoms with E-state index in [0.29, 0.717) is 6.42 Å². The molecule has 4 aromatic carbocycles. The molecular weight excluding hydrogens is 701 g/mol. The Hall–Kier alpha value is -4.64. The van der Waals surface area contributed by atoms with Gasteiger partial charge in [0, 0.05) is 23.7 Å². The largest absolute Gasteiger partial charge is 0.481 e. The number of pyridine rings is 1. The molecule has 2 atom stereocenters. The lowest BCUT2D eigenvalue weighted by Crippen LogP contribution is -2.68. The second kappa shape index (κ2) is 16.2. The third kappa shape index (κ3) is 8.15. The Balaban J connectivity index is 1.30. The summed E-state index contributed by atoms with van der Waals surface area (Å²) in [4.78, 5) is 17.3. The smallest absolute Gasteiger partial charge is 0.305 e. The molecule has 0 spiro atoms. The highest BCUT2D eigenvalue weighted by molar-refractivity contribution is 7.39. The zero-order chi connectivity index (χ0) is 37.8. The third-order valence-electron chi connectivity index (χ3n) is 9.72. The Kier molecular flexibility index (Phi) is 11.6. The van der Waals surface area contributed by atoms with Crippen LogP contribution in [0.25, 0.3) is 22.4 Å². The first kappa shape index (κ1) is 38.1. The van der Waals surface area contributed by atoms with Crippen LogP contribution < -0.4 is 10.4 Å². The van der Waals surface area contributed by atoms with Gasteiger partial charge in [-0.05, 0) is 50.2 Å². The lowest BCUT2D eigenvalue weighted by molar-refractivity contribution is -0.138. The van der Waals surface area contributed by atoms with Crippen molar-refractivity contribution in [1.82, 2.24) is 4.98 Å². The summed E-state index contributed by atoms with van der Waals surface area (Å²) in [5.74, 6) is 5.07. The lowest BCUT2D eigenvalue weighted by Gasteiger charge is -2.45. The Morgan fingerprint density at radius 3 is 2.11 bits per heavy atom. The van der Waals surface area contributed by atoms with Crippen molar-refractivity contribution in [2.45, 2.75) is 64.5 Å². The number of carboxylic acid groups (broad SMARTS) is 1. The molecule has 5 aromatic rings. The van der Waals surface area contributed by atoms with Crippen LogP contribution in [0.5, 0.6) is 0 Å². The van der Waals surface area contributed by atoms with Crippen LogP contribution >= 0.6 is 8.03 Å². The highest BCUT2D eigenvalue weighted by Crippen LogP contribution is 2.44. The Morgan fingerprint density at radius 1 is 0.925 bits per heavy atom. The molecule has 9 heteroatoms. The molecule has 1 heterocycles. The quantitative estimate of drug-likeness (QED) is 0.0766. The van der Waals surface area contributed by atoms with Gasteiger partial charge in [-0.15, -0.1) is 0 Å². The van der Waals surface area contributed by atoms with Crippen molar-refractivity contribution >= 4 is 32.7 Å². The maximum absolute atomic E-state index is 14.1. The van der Waals surface area contributed by atoms with E-state index in [1.807, 2.05) is 72.8 Å². The zero-order valence-electron chi connectivity index (χ0n) is 30.8.